The van der Waals surface area contributed by atoms with Gasteiger partial charge in [0, 0.05) is 39.4 Å². The smallest absolute Gasteiger partial charge is 0.309 e. The van der Waals surface area contributed by atoms with E-state index in [2.05, 4.69) is 38.6 Å². The number of alkyl halides is 1. The molecule has 0 aliphatic carbocycles. The number of cyclic esters (lactones) is 2. The fourth-order valence-electron chi connectivity index (χ4n) is 8.66. The van der Waals surface area contributed by atoms with E-state index in [1.807, 2.05) is 70.5 Å². The van der Waals surface area contributed by atoms with Gasteiger partial charge in [0.2, 0.25) is 0 Å². The van der Waals surface area contributed by atoms with E-state index in [0.717, 1.165) is 51.8 Å². The first-order chi connectivity index (χ1) is 31.7. The molecule has 0 spiro atoms. The van der Waals surface area contributed by atoms with Crippen molar-refractivity contribution in [3.63, 3.8) is 0 Å². The lowest BCUT2D eigenvalue weighted by molar-refractivity contribution is -0.156. The summed E-state index contributed by atoms with van der Waals surface area (Å²) < 4.78 is 11.4. The van der Waals surface area contributed by atoms with Crippen LogP contribution in [0.1, 0.15) is 155 Å². The average molecular weight is 1100 g/mol. The number of ether oxygens (including phenoxy) is 2. The normalized spacial score (nSPS) is 33.1. The second kappa shape index (κ2) is 27.2. The molecule has 0 saturated carbocycles. The van der Waals surface area contributed by atoms with Gasteiger partial charge in [-0.2, -0.15) is 0 Å². The van der Waals surface area contributed by atoms with E-state index in [1.54, 1.807) is 52.9 Å². The lowest BCUT2D eigenvalue weighted by Crippen LogP contribution is -2.45. The molecule has 1 fully saturated rings. The topological polar surface area (TPSA) is 214 Å². The molecule has 2 aromatic rings. The highest BCUT2D eigenvalue weighted by molar-refractivity contribution is 14.1. The number of ketones is 2. The Kier molecular flexibility index (Phi) is 23.8. The number of carbonyl (C=O) groups is 4. The molecule has 0 amide bonds. The van der Waals surface area contributed by atoms with Gasteiger partial charge in [-0.1, -0.05) is 96.6 Å². The second-order valence-corrected chi connectivity index (χ2v) is 24.1. The number of rotatable bonds is 4. The molecule has 1 saturated heterocycles. The Morgan fingerprint density at radius 2 is 1.10 bits per heavy atom. The number of carbonyl (C=O) groups excluding carboxylic acids is 4. The quantitative estimate of drug-likeness (QED) is 0.0837. The maximum absolute atomic E-state index is 13.2. The molecule has 2 unspecified atom stereocenters. The zero-order valence-electron chi connectivity index (χ0n) is 42.2. The van der Waals surface area contributed by atoms with Crippen LogP contribution in [0.2, 0.25) is 0 Å². The van der Waals surface area contributed by atoms with Crippen LogP contribution in [0.5, 0.6) is 0 Å². The zero-order valence-corrected chi connectivity index (χ0v) is 46.0. The van der Waals surface area contributed by atoms with Gasteiger partial charge >= 0.3 is 11.9 Å². The number of Topliss-reactive ketones (excluding diaryl/α,β-unsaturated/α-hetero) is 2. The largest absolute Gasteiger partial charge is 0.458 e. The Labute approximate surface area is 426 Å². The Bertz CT molecular complexity index is 2060. The fraction of sp³-hybridized carbons (Fsp3) is 0.692. The van der Waals surface area contributed by atoms with Crippen LogP contribution in [0.15, 0.2) is 34.1 Å². The van der Waals surface area contributed by atoms with Crippen molar-refractivity contribution in [3.8, 4) is 0 Å². The average Bonchev–Trinajstić information content (AvgIpc) is 3.89. The third-order valence-corrected chi connectivity index (χ3v) is 16.7. The fourth-order valence-corrected chi connectivity index (χ4v) is 10.6. The number of aliphatic hydroxyl groups excluding tert-OH is 5. The first-order valence-corrected chi connectivity index (χ1v) is 27.0. The molecular weight excluding hydrogens is 1020 g/mol. The van der Waals surface area contributed by atoms with E-state index in [1.165, 1.54) is 11.3 Å². The summed E-state index contributed by atoms with van der Waals surface area (Å²) in [5.41, 5.74) is 0.872. The Hall–Kier alpha value is -2.71. The Morgan fingerprint density at radius 3 is 1.54 bits per heavy atom. The molecule has 2 aliphatic rings. The standard InChI is InChI=1S/C26H40INO6S.C26H39NO5S/c1-14-8-7-9-20(29)19(27)11-21(15(2)10-18-13-35-17(4)28-18)34-23(31)12-22(30)26(5,6)25(33)16(3)24(14)32;1-16-11-9-7-8-10-12-21(17(2)13-20-15-33-19(4)27-20)32-23(29)14-22(28)26(5,6)25(31)18(3)24(16)30/h10,13-14,16,19-22,24,29-30,32H,7-9,11-12H2,1-6H3;8,10,13,15-16,18,21-22,24,28,30H,7,9,11-12,14H2,1-6H3/b15-10+;10-8-,17-13+/t14-,16+,19+,20+,21?,22-,24-;16-,18+,21?,22-,24-/m00/s1. The SMILES string of the molecule is C/C(=C\c1csc(C)n1)C1C/C=C\CCC[C@H](C)[C@H](O)[C@@H](C)C(=O)C(C)(C)[C@@H](O)CC(=O)O1.C/C(=C\c1csc(C)n1)C1C[C@@H](I)[C@H](O)CCC[C@H](C)[C@H](O)[C@@H](C)C(=O)C(C)(C)[C@@H](O)CC(=O)O1. The molecule has 12 atom stereocenters. The molecule has 4 rings (SSSR count). The molecule has 0 radical (unpaired) electrons. The van der Waals surface area contributed by atoms with Gasteiger partial charge in [-0.3, -0.25) is 19.2 Å². The van der Waals surface area contributed by atoms with Crippen molar-refractivity contribution in [3.05, 3.63) is 55.5 Å². The summed E-state index contributed by atoms with van der Waals surface area (Å²) in [6, 6.07) is 0. The van der Waals surface area contributed by atoms with Gasteiger partial charge in [0.05, 0.1) is 75.6 Å². The molecule has 16 heteroatoms. The van der Waals surface area contributed by atoms with Crippen molar-refractivity contribution in [2.45, 2.75) is 194 Å². The minimum absolute atomic E-state index is 0.0392. The van der Waals surface area contributed by atoms with E-state index in [9.17, 15) is 44.7 Å². The number of halogens is 1. The first kappa shape index (κ1) is 59.6. The van der Waals surface area contributed by atoms with Crippen molar-refractivity contribution >= 4 is 80.9 Å². The van der Waals surface area contributed by atoms with Gasteiger partial charge in [0.15, 0.2) is 0 Å². The van der Waals surface area contributed by atoms with Crippen LogP contribution < -0.4 is 0 Å². The van der Waals surface area contributed by atoms with Crippen LogP contribution in [0.25, 0.3) is 12.2 Å². The maximum Gasteiger partial charge on any atom is 0.309 e. The van der Waals surface area contributed by atoms with Crippen LogP contribution in [0.4, 0.5) is 0 Å². The molecule has 2 aromatic heterocycles. The van der Waals surface area contributed by atoms with E-state index in [4.69, 9.17) is 9.47 Å². The van der Waals surface area contributed by atoms with Gasteiger partial charge < -0.3 is 35.0 Å². The lowest BCUT2D eigenvalue weighted by atomic mass is 9.73. The molecular formula is C52H79IN2O11S2. The number of hydrogen-bond donors (Lipinski definition) is 5. The summed E-state index contributed by atoms with van der Waals surface area (Å²) in [6.45, 7) is 21.3. The van der Waals surface area contributed by atoms with Gasteiger partial charge in [0.1, 0.15) is 23.8 Å². The van der Waals surface area contributed by atoms with Crippen molar-refractivity contribution in [2.24, 2.45) is 34.5 Å². The number of thiazole rings is 2. The van der Waals surface area contributed by atoms with Crippen LogP contribution in [0, 0.1) is 48.3 Å². The predicted octanol–water partition coefficient (Wildman–Crippen LogP) is 9.36. The van der Waals surface area contributed by atoms with Crippen molar-refractivity contribution < 1.29 is 54.2 Å². The number of nitrogens with zero attached hydrogens (tertiary/aromatic N) is 2. The minimum Gasteiger partial charge on any atom is -0.458 e. The van der Waals surface area contributed by atoms with Crippen LogP contribution >= 0.6 is 45.3 Å². The molecule has 2 aliphatic heterocycles. The summed E-state index contributed by atoms with van der Waals surface area (Å²) in [6.07, 6.45) is 6.81. The number of aromatic nitrogens is 2. The predicted molar refractivity (Wildman–Crippen MR) is 278 cm³/mol. The van der Waals surface area contributed by atoms with E-state index < -0.39 is 77.3 Å². The minimum atomic E-state index is -1.26. The van der Waals surface area contributed by atoms with Crippen LogP contribution in [-0.4, -0.2) is 106 Å². The van der Waals surface area contributed by atoms with Gasteiger partial charge in [-0.25, -0.2) is 9.97 Å². The van der Waals surface area contributed by atoms with Crippen molar-refractivity contribution in [1.82, 2.24) is 9.97 Å². The Morgan fingerprint density at radius 1 is 0.676 bits per heavy atom. The van der Waals surface area contributed by atoms with E-state index in [0.29, 0.717) is 32.1 Å². The molecule has 0 aromatic carbocycles. The van der Waals surface area contributed by atoms with E-state index in [-0.39, 0.29) is 40.2 Å². The molecule has 382 valence electrons. The first-order valence-electron chi connectivity index (χ1n) is 24.0. The molecule has 13 nitrogen and oxygen atoms in total. The monoisotopic (exact) mass is 1100 g/mol. The summed E-state index contributed by atoms with van der Waals surface area (Å²) in [5, 5.41) is 59.6. The van der Waals surface area contributed by atoms with E-state index >= 15 is 0 Å². The Balaban J connectivity index is 0.000000361. The second-order valence-electron chi connectivity index (χ2n) is 20.3. The number of esters is 2. The number of aryl methyl sites for hydroxylation is 2. The van der Waals surface area contributed by atoms with Crippen LogP contribution in [-0.2, 0) is 28.7 Å². The summed E-state index contributed by atoms with van der Waals surface area (Å²) in [4.78, 5) is 60.8. The molecule has 4 heterocycles. The lowest BCUT2D eigenvalue weighted by Gasteiger charge is -2.35. The van der Waals surface area contributed by atoms with Gasteiger partial charge in [-0.05, 0) is 94.9 Å². The highest BCUT2D eigenvalue weighted by Crippen LogP contribution is 2.35. The molecule has 0 bridgehead atoms. The number of hydrogen-bond acceptors (Lipinski definition) is 15. The molecule has 5 N–H and O–H groups in total. The van der Waals surface area contributed by atoms with Gasteiger partial charge in [-0.15, -0.1) is 22.7 Å². The zero-order chi connectivity index (χ0) is 51.3. The van der Waals surface area contributed by atoms with Crippen molar-refractivity contribution in [2.75, 3.05) is 0 Å². The highest BCUT2D eigenvalue weighted by atomic mass is 127. The summed E-state index contributed by atoms with van der Waals surface area (Å²) in [5.74, 6) is -3.22. The summed E-state index contributed by atoms with van der Waals surface area (Å²) >= 11 is 5.29. The third-order valence-electron chi connectivity index (χ3n) is 13.8. The highest BCUT2D eigenvalue weighted by Gasteiger charge is 2.44. The van der Waals surface area contributed by atoms with Crippen LogP contribution in [0.3, 0.4) is 0 Å². The summed E-state index contributed by atoms with van der Waals surface area (Å²) in [7, 11) is 0. The number of aliphatic hydroxyl groups is 5. The maximum atomic E-state index is 13.2. The number of allylic oxidation sites excluding steroid dienone is 1. The van der Waals surface area contributed by atoms with Crippen molar-refractivity contribution in [1.29, 1.82) is 0 Å². The molecule has 68 heavy (non-hydrogen) atoms. The van der Waals surface area contributed by atoms with Gasteiger partial charge in [0.25, 0.3) is 0 Å². The third kappa shape index (κ3) is 17.5.